The highest BCUT2D eigenvalue weighted by Crippen LogP contribution is 2.50. The van der Waals surface area contributed by atoms with Crippen LogP contribution in [0.4, 0.5) is 17.2 Å². The summed E-state index contributed by atoms with van der Waals surface area (Å²) in [7, 11) is 0. The van der Waals surface area contributed by atoms with Crippen LogP contribution in [0.2, 0.25) is 0 Å². The molecule has 1 aliphatic rings. The monoisotopic (exact) mass is 653 g/mol. The van der Waals surface area contributed by atoms with Gasteiger partial charge in [-0.1, -0.05) is 103 Å². The first-order chi connectivity index (χ1) is 25.3. The molecule has 10 rings (SSSR count). The third-order valence-electron chi connectivity index (χ3n) is 9.95. The zero-order valence-corrected chi connectivity index (χ0v) is 27.6. The Bertz CT molecular complexity index is 2650. The van der Waals surface area contributed by atoms with E-state index < -0.39 is 0 Å². The molecule has 240 valence electrons. The fourth-order valence-electron chi connectivity index (χ4n) is 7.58. The van der Waals surface area contributed by atoms with Gasteiger partial charge in [-0.05, 0) is 87.6 Å². The maximum Gasteiger partial charge on any atom is 0.159 e. The van der Waals surface area contributed by atoms with Gasteiger partial charge in [0.2, 0.25) is 0 Å². The van der Waals surface area contributed by atoms with E-state index in [0.29, 0.717) is 0 Å². The van der Waals surface area contributed by atoms with Crippen molar-refractivity contribution in [1.29, 1.82) is 0 Å². The molecule has 4 heterocycles. The predicted molar refractivity (Wildman–Crippen MR) is 210 cm³/mol. The molecule has 0 bridgehead atoms. The largest absolute Gasteiger partial charge is 0.358 e. The van der Waals surface area contributed by atoms with Crippen LogP contribution >= 0.6 is 0 Å². The van der Waals surface area contributed by atoms with Gasteiger partial charge in [-0.3, -0.25) is 14.9 Å². The zero-order chi connectivity index (χ0) is 33.7. The van der Waals surface area contributed by atoms with E-state index in [2.05, 4.69) is 156 Å². The number of hydrogen-bond donors (Lipinski definition) is 1. The van der Waals surface area contributed by atoms with Crippen molar-refractivity contribution in [1.82, 2.24) is 15.0 Å². The Morgan fingerprint density at radius 2 is 1.06 bits per heavy atom. The van der Waals surface area contributed by atoms with Gasteiger partial charge in [-0.2, -0.15) is 0 Å². The molecule has 0 amide bonds. The molecule has 0 fully saturated rings. The second-order valence-electron chi connectivity index (χ2n) is 13.0. The fourth-order valence-corrected chi connectivity index (χ4v) is 7.58. The average molecular weight is 654 g/mol. The summed E-state index contributed by atoms with van der Waals surface area (Å²) in [4.78, 5) is 17.1. The molecular formula is C46H31N5. The third-order valence-corrected chi connectivity index (χ3v) is 9.95. The topological polar surface area (TPSA) is 53.9 Å². The summed E-state index contributed by atoms with van der Waals surface area (Å²) < 4.78 is 0. The van der Waals surface area contributed by atoms with Crippen molar-refractivity contribution in [2.24, 2.45) is 0 Å². The first-order valence-corrected chi connectivity index (χ1v) is 17.2. The first-order valence-electron chi connectivity index (χ1n) is 17.2. The van der Waals surface area contributed by atoms with Crippen LogP contribution in [0.1, 0.15) is 11.7 Å². The van der Waals surface area contributed by atoms with Gasteiger partial charge in [-0.15, -0.1) is 0 Å². The second-order valence-corrected chi connectivity index (χ2v) is 13.0. The second kappa shape index (κ2) is 11.9. The van der Waals surface area contributed by atoms with Crippen LogP contribution in [0.15, 0.2) is 176 Å². The standard InChI is InChI=1S/C46H31N5/c1-2-16-38(17-3-1)51-45(50-44-41(22-25-49-46(44)51)34-21-20-30-10-4-5-11-33(30)26-34)37-28-35(39-18-6-12-31-14-8-23-47-42(31)39)27-36(29-37)40-19-7-13-32-15-9-24-48-43(32)40/h1-29,45,50H. The van der Waals surface area contributed by atoms with Crippen molar-refractivity contribution in [3.8, 4) is 33.4 Å². The Hall–Kier alpha value is -6.85. The molecule has 3 aromatic heterocycles. The molecule has 1 aliphatic heterocycles. The molecule has 0 saturated carbocycles. The molecule has 0 aliphatic carbocycles. The van der Waals surface area contributed by atoms with Gasteiger partial charge in [0.25, 0.3) is 0 Å². The van der Waals surface area contributed by atoms with Crippen molar-refractivity contribution in [2.75, 3.05) is 10.2 Å². The SMILES string of the molecule is c1ccc(N2c3nccc(-c4ccc5ccccc5c4)c3NC2c2cc(-c3cccc4cccnc34)cc(-c3cccc4cccnc34)c2)cc1. The van der Waals surface area contributed by atoms with Gasteiger partial charge in [0.05, 0.1) is 16.7 Å². The molecule has 1 atom stereocenters. The van der Waals surface area contributed by atoms with Gasteiger partial charge in [0, 0.05) is 51.7 Å². The van der Waals surface area contributed by atoms with Crippen LogP contribution in [-0.4, -0.2) is 15.0 Å². The van der Waals surface area contributed by atoms with Gasteiger partial charge in [0.1, 0.15) is 6.17 Å². The summed E-state index contributed by atoms with van der Waals surface area (Å²) in [6.45, 7) is 0. The van der Waals surface area contributed by atoms with Crippen molar-refractivity contribution < 1.29 is 0 Å². The van der Waals surface area contributed by atoms with E-state index >= 15 is 0 Å². The first kappa shape index (κ1) is 29.1. The van der Waals surface area contributed by atoms with Crippen molar-refractivity contribution in [2.45, 2.75) is 6.17 Å². The van der Waals surface area contributed by atoms with Crippen molar-refractivity contribution >= 4 is 49.8 Å². The van der Waals surface area contributed by atoms with Crippen molar-refractivity contribution in [3.05, 3.63) is 182 Å². The van der Waals surface area contributed by atoms with Crippen LogP contribution in [-0.2, 0) is 0 Å². The van der Waals surface area contributed by atoms with Crippen LogP contribution in [0.25, 0.3) is 66.0 Å². The average Bonchev–Trinajstić information content (AvgIpc) is 3.60. The summed E-state index contributed by atoms with van der Waals surface area (Å²) in [6, 6.07) is 55.8. The minimum atomic E-state index is -0.249. The predicted octanol–water partition coefficient (Wildman–Crippen LogP) is 11.6. The highest BCUT2D eigenvalue weighted by atomic mass is 15.4. The van der Waals surface area contributed by atoms with Gasteiger partial charge < -0.3 is 5.32 Å². The molecule has 5 nitrogen and oxygen atoms in total. The lowest BCUT2D eigenvalue weighted by atomic mass is 9.92. The number of para-hydroxylation sites is 3. The molecule has 9 aromatic rings. The molecule has 0 saturated heterocycles. The van der Waals surface area contributed by atoms with E-state index in [1.54, 1.807) is 0 Å². The molecule has 1 unspecified atom stereocenters. The Balaban J connectivity index is 1.20. The lowest BCUT2D eigenvalue weighted by molar-refractivity contribution is 0.821. The zero-order valence-electron chi connectivity index (χ0n) is 27.6. The number of nitrogens with one attached hydrogen (secondary N) is 1. The number of aromatic nitrogens is 3. The molecule has 0 radical (unpaired) electrons. The number of nitrogens with zero attached hydrogens (tertiary/aromatic N) is 4. The summed E-state index contributed by atoms with van der Waals surface area (Å²) in [5.74, 6) is 0.891. The molecule has 1 N–H and O–H groups in total. The van der Waals surface area contributed by atoms with Crippen LogP contribution in [0.3, 0.4) is 0 Å². The van der Waals surface area contributed by atoms with Crippen LogP contribution in [0, 0.1) is 0 Å². The fraction of sp³-hybridized carbons (Fsp3) is 0.0217. The Labute approximate surface area is 295 Å². The summed E-state index contributed by atoms with van der Waals surface area (Å²) in [6.07, 6.45) is 5.42. The van der Waals surface area contributed by atoms with Crippen LogP contribution in [0.5, 0.6) is 0 Å². The van der Waals surface area contributed by atoms with E-state index in [9.17, 15) is 0 Å². The minimum Gasteiger partial charge on any atom is -0.358 e. The number of benzene rings is 6. The number of fused-ring (bicyclic) bond motifs is 4. The molecule has 51 heavy (non-hydrogen) atoms. The van der Waals surface area contributed by atoms with E-state index in [1.165, 1.54) is 10.8 Å². The van der Waals surface area contributed by atoms with E-state index in [0.717, 1.165) is 77.9 Å². The quantitative estimate of drug-likeness (QED) is 0.200. The third kappa shape index (κ3) is 4.98. The summed E-state index contributed by atoms with van der Waals surface area (Å²) >= 11 is 0. The molecule has 5 heteroatoms. The molecule has 0 spiro atoms. The van der Waals surface area contributed by atoms with E-state index in [-0.39, 0.29) is 6.17 Å². The maximum atomic E-state index is 5.03. The summed E-state index contributed by atoms with van der Waals surface area (Å²) in [5.41, 5.74) is 11.7. The normalized spacial score (nSPS) is 13.8. The maximum absolute atomic E-state index is 5.03. The van der Waals surface area contributed by atoms with E-state index in [1.807, 2.05) is 30.7 Å². The van der Waals surface area contributed by atoms with E-state index in [4.69, 9.17) is 15.0 Å². The molecular weight excluding hydrogens is 623 g/mol. The number of hydrogen-bond acceptors (Lipinski definition) is 5. The Kier molecular flexibility index (Phi) is 6.81. The Morgan fingerprint density at radius 3 is 1.76 bits per heavy atom. The highest BCUT2D eigenvalue weighted by molar-refractivity contribution is 5.99. The smallest absolute Gasteiger partial charge is 0.159 e. The number of pyridine rings is 3. The number of anilines is 3. The van der Waals surface area contributed by atoms with Gasteiger partial charge in [-0.25, -0.2) is 4.98 Å². The Morgan fingerprint density at radius 1 is 0.431 bits per heavy atom. The lowest BCUT2D eigenvalue weighted by Crippen LogP contribution is -2.24. The summed E-state index contributed by atoms with van der Waals surface area (Å²) in [5, 5.41) is 8.62. The van der Waals surface area contributed by atoms with Gasteiger partial charge in [0.15, 0.2) is 5.82 Å². The van der Waals surface area contributed by atoms with Crippen LogP contribution < -0.4 is 10.2 Å². The number of rotatable bonds is 5. The highest BCUT2D eigenvalue weighted by Gasteiger charge is 2.35. The minimum absolute atomic E-state index is 0.249. The molecule has 6 aromatic carbocycles. The lowest BCUT2D eigenvalue weighted by Gasteiger charge is -2.27. The van der Waals surface area contributed by atoms with Gasteiger partial charge >= 0.3 is 0 Å². The van der Waals surface area contributed by atoms with Crippen molar-refractivity contribution in [3.63, 3.8) is 0 Å².